The van der Waals surface area contributed by atoms with Gasteiger partial charge in [0, 0.05) is 22.1 Å². The van der Waals surface area contributed by atoms with Crippen LogP contribution in [0, 0.1) is 0 Å². The highest BCUT2D eigenvalue weighted by Gasteiger charge is 2.23. The van der Waals surface area contributed by atoms with Crippen molar-refractivity contribution >= 4 is 29.1 Å². The maximum absolute atomic E-state index is 10.9. The summed E-state index contributed by atoms with van der Waals surface area (Å²) in [4.78, 5) is 17.1. The van der Waals surface area contributed by atoms with E-state index < -0.39 is 5.97 Å². The van der Waals surface area contributed by atoms with Crippen molar-refractivity contribution in [1.82, 2.24) is 4.98 Å². The Morgan fingerprint density at radius 1 is 1.00 bits per heavy atom. The number of fused-ring (bicyclic) bond motifs is 3. The maximum atomic E-state index is 10.9. The number of benzene rings is 3. The largest absolute Gasteiger partial charge is 0.482 e. The lowest BCUT2D eigenvalue weighted by molar-refractivity contribution is -0.139. The van der Waals surface area contributed by atoms with Crippen molar-refractivity contribution in [3.05, 3.63) is 100 Å². The number of nitrogens with zero attached hydrogens (tertiary/aromatic N) is 1. The van der Waals surface area contributed by atoms with Crippen LogP contribution in [-0.4, -0.2) is 28.4 Å². The Morgan fingerprint density at radius 3 is 2.36 bits per heavy atom. The molecule has 0 aliphatic heterocycles. The summed E-state index contributed by atoms with van der Waals surface area (Å²) < 4.78 is 6.47. The second-order valence-electron chi connectivity index (χ2n) is 7.94. The van der Waals surface area contributed by atoms with Gasteiger partial charge in [0.2, 0.25) is 0 Å². The van der Waals surface area contributed by atoms with E-state index in [9.17, 15) is 4.79 Å². The number of carbonyl (C=O) groups is 1. The highest BCUT2D eigenvalue weighted by Crippen LogP contribution is 2.42. The van der Waals surface area contributed by atoms with Gasteiger partial charge in [0.15, 0.2) is 10.9 Å². The molecule has 166 valence electrons. The first-order valence-corrected chi connectivity index (χ1v) is 12.7. The highest BCUT2D eigenvalue weighted by molar-refractivity contribution is 8.01. The van der Waals surface area contributed by atoms with Gasteiger partial charge in [-0.1, -0.05) is 78.5 Å². The fourth-order valence-electron chi connectivity index (χ4n) is 4.16. The molecule has 1 heterocycles. The number of thioether (sulfide) groups is 1. The van der Waals surface area contributed by atoms with Crippen LogP contribution < -0.4 is 4.74 Å². The van der Waals surface area contributed by atoms with Gasteiger partial charge < -0.3 is 9.84 Å². The van der Waals surface area contributed by atoms with E-state index in [1.165, 1.54) is 21.6 Å². The molecule has 0 amide bonds. The van der Waals surface area contributed by atoms with Crippen LogP contribution in [0.1, 0.15) is 27.5 Å². The minimum Gasteiger partial charge on any atom is -0.482 e. The SMILES string of the molecule is O=C(O)COc1ccc2c(c1)-c1nc(SCC(c3ccccc3)c3ccccc3)sc1CC2. The third-order valence-electron chi connectivity index (χ3n) is 5.78. The fraction of sp³-hybridized carbons (Fsp3) is 0.185. The van der Waals surface area contributed by atoms with Gasteiger partial charge in [-0.25, -0.2) is 9.78 Å². The Hall–Kier alpha value is -3.09. The molecule has 1 N–H and O–H groups in total. The van der Waals surface area contributed by atoms with Crippen LogP contribution in [0.5, 0.6) is 5.75 Å². The van der Waals surface area contributed by atoms with Gasteiger partial charge in [-0.3, -0.25) is 0 Å². The highest BCUT2D eigenvalue weighted by atomic mass is 32.2. The summed E-state index contributed by atoms with van der Waals surface area (Å²) in [6.07, 6.45) is 1.95. The molecule has 3 aromatic carbocycles. The van der Waals surface area contributed by atoms with Crippen molar-refractivity contribution in [2.45, 2.75) is 23.1 Å². The van der Waals surface area contributed by atoms with Crippen molar-refractivity contribution in [2.24, 2.45) is 0 Å². The smallest absolute Gasteiger partial charge is 0.341 e. The standard InChI is InChI=1S/C27H23NO3S2/c29-25(30)16-31-21-13-11-20-12-14-24-26(22(20)15-21)28-27(33-24)32-17-23(18-7-3-1-4-8-18)19-9-5-2-6-10-19/h1-11,13,15,23H,12,14,16-17H2,(H,29,30). The number of hydrogen-bond acceptors (Lipinski definition) is 5. The van der Waals surface area contributed by atoms with E-state index in [-0.39, 0.29) is 6.61 Å². The van der Waals surface area contributed by atoms with Crippen molar-refractivity contribution in [1.29, 1.82) is 0 Å². The van der Waals surface area contributed by atoms with Crippen LogP contribution in [0.3, 0.4) is 0 Å². The molecule has 6 heteroatoms. The second kappa shape index (κ2) is 9.81. The van der Waals surface area contributed by atoms with Crippen molar-refractivity contribution in [3.8, 4) is 17.0 Å². The number of aliphatic carboxylic acids is 1. The Balaban J connectivity index is 1.38. The van der Waals surface area contributed by atoms with Crippen LogP contribution >= 0.6 is 23.1 Å². The Kier molecular flexibility index (Phi) is 6.46. The summed E-state index contributed by atoms with van der Waals surface area (Å²) in [6.45, 7) is -0.343. The first-order chi connectivity index (χ1) is 16.2. The minimum atomic E-state index is -0.979. The Bertz CT molecular complexity index is 1220. The van der Waals surface area contributed by atoms with Gasteiger partial charge in [-0.15, -0.1) is 11.3 Å². The molecule has 4 nitrogen and oxygen atoms in total. The fourth-order valence-corrected chi connectivity index (χ4v) is 6.55. The molecule has 0 atom stereocenters. The van der Waals surface area contributed by atoms with Crippen LogP contribution in [0.25, 0.3) is 11.3 Å². The summed E-state index contributed by atoms with van der Waals surface area (Å²) in [7, 11) is 0. The summed E-state index contributed by atoms with van der Waals surface area (Å²) >= 11 is 3.58. The predicted octanol–water partition coefficient (Wildman–Crippen LogP) is 6.30. The number of rotatable bonds is 8. The number of ether oxygens (including phenoxy) is 1. The molecule has 0 unspecified atom stereocenters. The zero-order valence-corrected chi connectivity index (χ0v) is 19.6. The average Bonchev–Trinajstić information content (AvgIpc) is 3.28. The van der Waals surface area contributed by atoms with Crippen molar-refractivity contribution in [3.63, 3.8) is 0 Å². The van der Waals surface area contributed by atoms with E-state index in [2.05, 4.69) is 60.7 Å². The number of aromatic nitrogens is 1. The molecule has 0 saturated heterocycles. The lowest BCUT2D eigenvalue weighted by Crippen LogP contribution is -2.10. The monoisotopic (exact) mass is 473 g/mol. The number of hydrogen-bond donors (Lipinski definition) is 1. The summed E-state index contributed by atoms with van der Waals surface area (Å²) in [5.74, 6) is 0.794. The van der Waals surface area contributed by atoms with Crippen LogP contribution in [-0.2, 0) is 17.6 Å². The molecule has 4 aromatic rings. The molecule has 1 aliphatic carbocycles. The predicted molar refractivity (Wildman–Crippen MR) is 134 cm³/mol. The van der Waals surface area contributed by atoms with E-state index >= 15 is 0 Å². The van der Waals surface area contributed by atoms with Crippen LogP contribution in [0.2, 0.25) is 0 Å². The first-order valence-electron chi connectivity index (χ1n) is 10.9. The van der Waals surface area contributed by atoms with Gasteiger partial charge in [-0.05, 0) is 41.7 Å². The molecule has 0 bridgehead atoms. The quantitative estimate of drug-likeness (QED) is 0.305. The van der Waals surface area contributed by atoms with Crippen molar-refractivity contribution < 1.29 is 14.6 Å². The normalized spacial score (nSPS) is 12.3. The number of thiazole rings is 1. The number of carboxylic acids is 1. The lowest BCUT2D eigenvalue weighted by atomic mass is 9.93. The van der Waals surface area contributed by atoms with E-state index in [1.807, 2.05) is 18.2 Å². The average molecular weight is 474 g/mol. The third kappa shape index (κ3) is 4.97. The molecule has 0 fully saturated rings. The van der Waals surface area contributed by atoms with Gasteiger partial charge >= 0.3 is 5.97 Å². The zero-order chi connectivity index (χ0) is 22.6. The van der Waals surface area contributed by atoms with E-state index in [1.54, 1.807) is 23.1 Å². The zero-order valence-electron chi connectivity index (χ0n) is 17.9. The molecule has 1 aromatic heterocycles. The molecule has 33 heavy (non-hydrogen) atoms. The topological polar surface area (TPSA) is 59.4 Å². The van der Waals surface area contributed by atoms with E-state index in [0.29, 0.717) is 11.7 Å². The summed E-state index contributed by atoms with van der Waals surface area (Å²) in [5, 5.41) is 8.90. The maximum Gasteiger partial charge on any atom is 0.341 e. The molecular formula is C27H23NO3S2. The molecular weight excluding hydrogens is 450 g/mol. The van der Waals surface area contributed by atoms with Gasteiger partial charge in [0.25, 0.3) is 0 Å². The Labute approximate surface area is 201 Å². The third-order valence-corrected chi connectivity index (χ3v) is 8.13. The molecule has 0 radical (unpaired) electrons. The molecule has 0 spiro atoms. The number of carboxylic acid groups (broad SMARTS) is 1. The summed E-state index contributed by atoms with van der Waals surface area (Å²) in [5.41, 5.74) is 5.93. The summed E-state index contributed by atoms with van der Waals surface area (Å²) in [6, 6.07) is 27.1. The molecule has 1 aliphatic rings. The number of aryl methyl sites for hydroxylation is 2. The first kappa shape index (κ1) is 21.7. The Morgan fingerprint density at radius 2 is 1.70 bits per heavy atom. The molecule has 0 saturated carbocycles. The van der Waals surface area contributed by atoms with Gasteiger partial charge in [0.05, 0.1) is 5.69 Å². The van der Waals surface area contributed by atoms with E-state index in [4.69, 9.17) is 14.8 Å². The van der Waals surface area contributed by atoms with Crippen molar-refractivity contribution in [2.75, 3.05) is 12.4 Å². The minimum absolute atomic E-state index is 0.293. The van der Waals surface area contributed by atoms with E-state index in [0.717, 1.165) is 34.2 Å². The van der Waals surface area contributed by atoms with Crippen LogP contribution in [0.4, 0.5) is 0 Å². The lowest BCUT2D eigenvalue weighted by Gasteiger charge is -2.17. The van der Waals surface area contributed by atoms with Gasteiger partial charge in [-0.2, -0.15) is 0 Å². The van der Waals surface area contributed by atoms with Crippen LogP contribution in [0.15, 0.2) is 83.2 Å². The molecule has 5 rings (SSSR count). The second-order valence-corrected chi connectivity index (χ2v) is 10.3. The van der Waals surface area contributed by atoms with Gasteiger partial charge in [0.1, 0.15) is 5.75 Å².